The highest BCUT2D eigenvalue weighted by Gasteiger charge is 2.36. The monoisotopic (exact) mass is 410 g/mol. The number of nitrogens with zero attached hydrogens (tertiary/aromatic N) is 2. The molecule has 2 aromatic rings. The van der Waals surface area contributed by atoms with Gasteiger partial charge in [-0.3, -0.25) is 4.79 Å². The molecule has 2 aliphatic rings. The number of piperidine rings is 1. The molecule has 0 spiro atoms. The predicted octanol–water partition coefficient (Wildman–Crippen LogP) is 3.36. The molecule has 0 saturated carbocycles. The van der Waals surface area contributed by atoms with Crippen LogP contribution in [0.5, 0.6) is 0 Å². The van der Waals surface area contributed by atoms with Crippen molar-refractivity contribution in [2.75, 3.05) is 19.6 Å². The largest absolute Gasteiger partial charge is 0.335 e. The molecule has 1 amide bonds. The molecule has 2 aromatic heterocycles. The van der Waals surface area contributed by atoms with Gasteiger partial charge in [0.15, 0.2) is 0 Å². The fraction of sp³-hybridized carbons (Fsp3) is 0.500. The Bertz CT molecular complexity index is 881. The molecule has 8 heteroatoms. The first-order valence-corrected chi connectivity index (χ1v) is 12.1. The molecule has 0 radical (unpaired) electrons. The van der Waals surface area contributed by atoms with Crippen molar-refractivity contribution in [3.63, 3.8) is 0 Å². The summed E-state index contributed by atoms with van der Waals surface area (Å²) in [6.45, 7) is 3.70. The lowest BCUT2D eigenvalue weighted by Crippen LogP contribution is -2.46. The summed E-state index contributed by atoms with van der Waals surface area (Å²) >= 11 is 3.01. The van der Waals surface area contributed by atoms with E-state index >= 15 is 0 Å². The highest BCUT2D eigenvalue weighted by molar-refractivity contribution is 7.91. The van der Waals surface area contributed by atoms with Gasteiger partial charge in [0, 0.05) is 30.4 Å². The van der Waals surface area contributed by atoms with Crippen molar-refractivity contribution in [2.45, 2.75) is 36.4 Å². The van der Waals surface area contributed by atoms with Crippen LogP contribution in [0.1, 0.15) is 36.2 Å². The highest BCUT2D eigenvalue weighted by Crippen LogP contribution is 2.35. The van der Waals surface area contributed by atoms with E-state index in [2.05, 4.69) is 18.4 Å². The van der Waals surface area contributed by atoms with Crippen LogP contribution in [0.2, 0.25) is 0 Å². The first-order chi connectivity index (χ1) is 12.5. The van der Waals surface area contributed by atoms with Crippen LogP contribution in [-0.4, -0.2) is 43.2 Å². The molecule has 0 aliphatic carbocycles. The average molecular weight is 411 g/mol. The summed E-state index contributed by atoms with van der Waals surface area (Å²) in [5.41, 5.74) is 1.27. The minimum Gasteiger partial charge on any atom is -0.335 e. The SMILES string of the molecule is CC1c2ccsc2CCN1C(=O)C1CCN(S(=O)(=O)c2cccs2)CC1. The minimum atomic E-state index is -3.41. The van der Waals surface area contributed by atoms with Gasteiger partial charge < -0.3 is 4.90 Å². The van der Waals surface area contributed by atoms with E-state index in [-0.39, 0.29) is 17.9 Å². The fourth-order valence-corrected chi connectivity index (χ4v) is 7.50. The summed E-state index contributed by atoms with van der Waals surface area (Å²) in [5, 5.41) is 3.88. The van der Waals surface area contributed by atoms with Crippen LogP contribution >= 0.6 is 22.7 Å². The number of hydrogen-bond acceptors (Lipinski definition) is 5. The van der Waals surface area contributed by atoms with E-state index in [1.54, 1.807) is 28.8 Å². The number of hydrogen-bond donors (Lipinski definition) is 0. The lowest BCUT2D eigenvalue weighted by atomic mass is 9.93. The van der Waals surface area contributed by atoms with Gasteiger partial charge in [0.05, 0.1) is 6.04 Å². The zero-order valence-electron chi connectivity index (χ0n) is 14.6. The number of rotatable bonds is 3. The molecule has 0 N–H and O–H groups in total. The molecule has 1 unspecified atom stereocenters. The fourth-order valence-electron chi connectivity index (χ4n) is 3.93. The molecule has 1 fully saturated rings. The maximum absolute atomic E-state index is 13.0. The van der Waals surface area contributed by atoms with Crippen LogP contribution in [0.15, 0.2) is 33.2 Å². The standard InChI is InChI=1S/C18H22N2O3S3/c1-13-15-7-12-24-16(15)6-10-20(13)18(21)14-4-8-19(9-5-14)26(22,23)17-3-2-11-25-17/h2-3,7,11-14H,4-6,8-10H2,1H3. The lowest BCUT2D eigenvalue weighted by Gasteiger charge is -2.38. The highest BCUT2D eigenvalue weighted by atomic mass is 32.2. The van der Waals surface area contributed by atoms with E-state index in [0.29, 0.717) is 30.1 Å². The van der Waals surface area contributed by atoms with Crippen LogP contribution < -0.4 is 0 Å². The van der Waals surface area contributed by atoms with Crippen LogP contribution in [0.25, 0.3) is 0 Å². The third-order valence-corrected chi connectivity index (χ3v) is 9.72. The number of sulfonamides is 1. The molecule has 140 valence electrons. The van der Waals surface area contributed by atoms with Gasteiger partial charge in [-0.05, 0) is 54.6 Å². The van der Waals surface area contributed by atoms with E-state index in [1.807, 2.05) is 4.90 Å². The Morgan fingerprint density at radius 1 is 1.12 bits per heavy atom. The number of carbonyl (C=O) groups is 1. The van der Waals surface area contributed by atoms with Crippen molar-refractivity contribution in [3.05, 3.63) is 39.4 Å². The Morgan fingerprint density at radius 2 is 1.88 bits per heavy atom. The number of fused-ring (bicyclic) bond motifs is 1. The maximum atomic E-state index is 13.0. The van der Waals surface area contributed by atoms with Gasteiger partial charge in [0.25, 0.3) is 10.0 Å². The summed E-state index contributed by atoms with van der Waals surface area (Å²) in [4.78, 5) is 16.4. The number of carbonyl (C=O) groups excluding carboxylic acids is 1. The second kappa shape index (κ2) is 7.07. The summed E-state index contributed by atoms with van der Waals surface area (Å²) in [7, 11) is -3.41. The van der Waals surface area contributed by atoms with Crippen LogP contribution in [-0.2, 0) is 21.2 Å². The number of amides is 1. The summed E-state index contributed by atoms with van der Waals surface area (Å²) < 4.78 is 27.2. The van der Waals surface area contributed by atoms with Gasteiger partial charge in [0.2, 0.25) is 5.91 Å². The van der Waals surface area contributed by atoms with E-state index in [1.165, 1.54) is 26.1 Å². The van der Waals surface area contributed by atoms with Gasteiger partial charge in [0.1, 0.15) is 4.21 Å². The average Bonchev–Trinajstić information content (AvgIpc) is 3.34. The third-order valence-electron chi connectivity index (χ3n) is 5.45. The molecular formula is C18H22N2O3S3. The molecule has 2 aliphatic heterocycles. The second-order valence-corrected chi connectivity index (χ2v) is 11.0. The molecule has 26 heavy (non-hydrogen) atoms. The Morgan fingerprint density at radius 3 is 2.58 bits per heavy atom. The molecule has 0 aromatic carbocycles. The molecule has 1 atom stereocenters. The zero-order valence-corrected chi connectivity index (χ0v) is 17.1. The molecular weight excluding hydrogens is 388 g/mol. The van der Waals surface area contributed by atoms with Crippen molar-refractivity contribution in [1.82, 2.24) is 9.21 Å². The van der Waals surface area contributed by atoms with Gasteiger partial charge in [-0.25, -0.2) is 8.42 Å². The Labute approximate surface area is 162 Å². The van der Waals surface area contributed by atoms with E-state index < -0.39 is 10.0 Å². The van der Waals surface area contributed by atoms with Gasteiger partial charge in [-0.15, -0.1) is 22.7 Å². The van der Waals surface area contributed by atoms with Gasteiger partial charge in [-0.2, -0.15) is 4.31 Å². The summed E-state index contributed by atoms with van der Waals surface area (Å²) in [6.07, 6.45) is 2.13. The Hall–Kier alpha value is -1.22. The van der Waals surface area contributed by atoms with Crippen molar-refractivity contribution in [2.24, 2.45) is 5.92 Å². The van der Waals surface area contributed by atoms with E-state index in [9.17, 15) is 13.2 Å². The minimum absolute atomic E-state index is 0.0765. The first-order valence-electron chi connectivity index (χ1n) is 8.89. The Balaban J connectivity index is 1.42. The van der Waals surface area contributed by atoms with Crippen molar-refractivity contribution in [3.8, 4) is 0 Å². The first kappa shape index (κ1) is 18.2. The molecule has 0 bridgehead atoms. The van der Waals surface area contributed by atoms with E-state index in [0.717, 1.165) is 13.0 Å². The number of thiophene rings is 2. The quantitative estimate of drug-likeness (QED) is 0.780. The summed E-state index contributed by atoms with van der Waals surface area (Å²) in [5.74, 6) is 0.106. The van der Waals surface area contributed by atoms with Gasteiger partial charge in [-0.1, -0.05) is 6.07 Å². The van der Waals surface area contributed by atoms with Crippen molar-refractivity contribution >= 4 is 38.6 Å². The lowest BCUT2D eigenvalue weighted by molar-refractivity contribution is -0.139. The molecule has 4 rings (SSSR count). The smallest absolute Gasteiger partial charge is 0.252 e. The normalized spacial score (nSPS) is 22.3. The molecule has 1 saturated heterocycles. The zero-order chi connectivity index (χ0) is 18.3. The van der Waals surface area contributed by atoms with Gasteiger partial charge >= 0.3 is 0 Å². The van der Waals surface area contributed by atoms with Crippen LogP contribution in [0.4, 0.5) is 0 Å². The van der Waals surface area contributed by atoms with Crippen molar-refractivity contribution in [1.29, 1.82) is 0 Å². The topological polar surface area (TPSA) is 57.7 Å². The van der Waals surface area contributed by atoms with Crippen LogP contribution in [0, 0.1) is 5.92 Å². The third kappa shape index (κ3) is 3.13. The Kier molecular flexibility index (Phi) is 4.94. The summed E-state index contributed by atoms with van der Waals surface area (Å²) in [6, 6.07) is 5.64. The van der Waals surface area contributed by atoms with E-state index in [4.69, 9.17) is 0 Å². The molecule has 5 nitrogen and oxygen atoms in total. The maximum Gasteiger partial charge on any atom is 0.252 e. The second-order valence-electron chi connectivity index (χ2n) is 6.87. The van der Waals surface area contributed by atoms with Crippen LogP contribution in [0.3, 0.4) is 0 Å². The molecule has 4 heterocycles. The predicted molar refractivity (Wildman–Crippen MR) is 104 cm³/mol. The van der Waals surface area contributed by atoms with Crippen molar-refractivity contribution < 1.29 is 13.2 Å².